The number of hydrogen-bond donors (Lipinski definition) is 1. The Bertz CT molecular complexity index is 535. The van der Waals surface area contributed by atoms with Gasteiger partial charge in [-0.1, -0.05) is 11.6 Å². The van der Waals surface area contributed by atoms with Crippen LogP contribution in [0.4, 0.5) is 0 Å². The number of nitrogens with zero attached hydrogens (tertiary/aromatic N) is 1. The number of hydrogen-bond acceptors (Lipinski definition) is 3. The van der Waals surface area contributed by atoms with E-state index in [0.717, 1.165) is 42.1 Å². The third-order valence-electron chi connectivity index (χ3n) is 5.25. The van der Waals surface area contributed by atoms with Crippen LogP contribution in [0.2, 0.25) is 5.02 Å². The lowest BCUT2D eigenvalue weighted by Crippen LogP contribution is -2.53. The number of ether oxygens (including phenoxy) is 1. The summed E-state index contributed by atoms with van der Waals surface area (Å²) in [6.07, 6.45) is 5.79. The minimum Gasteiger partial charge on any atom is -0.487 e. The van der Waals surface area contributed by atoms with E-state index < -0.39 is 0 Å². The van der Waals surface area contributed by atoms with Crippen molar-refractivity contribution in [3.05, 3.63) is 28.8 Å². The molecule has 1 spiro atoms. The maximum Gasteiger partial charge on any atom is 0.125 e. The molecule has 1 aromatic rings. The van der Waals surface area contributed by atoms with Crippen LogP contribution in [0.5, 0.6) is 5.75 Å². The summed E-state index contributed by atoms with van der Waals surface area (Å²) in [6, 6.07) is 6.59. The number of nitrogens with two attached hydrogens (primary N) is 1. The summed E-state index contributed by atoms with van der Waals surface area (Å²) < 4.78 is 6.43. The zero-order chi connectivity index (χ0) is 13.7. The van der Waals surface area contributed by atoms with Crippen LogP contribution in [0, 0.1) is 0 Å². The fraction of sp³-hybridized carbons (Fsp3) is 0.625. The Labute approximate surface area is 125 Å². The fourth-order valence-corrected chi connectivity index (χ4v) is 4.45. The van der Waals surface area contributed by atoms with Crippen molar-refractivity contribution >= 4 is 11.6 Å². The van der Waals surface area contributed by atoms with E-state index in [-0.39, 0.29) is 11.6 Å². The first-order chi connectivity index (χ1) is 9.65. The van der Waals surface area contributed by atoms with Gasteiger partial charge in [-0.15, -0.1) is 0 Å². The Hall–Kier alpha value is -0.770. The zero-order valence-electron chi connectivity index (χ0n) is 11.6. The van der Waals surface area contributed by atoms with E-state index in [1.54, 1.807) is 0 Å². The van der Waals surface area contributed by atoms with Crippen LogP contribution in [0.15, 0.2) is 18.2 Å². The predicted octanol–water partition coefficient (Wildman–Crippen LogP) is 3.12. The van der Waals surface area contributed by atoms with Crippen LogP contribution in [-0.4, -0.2) is 29.6 Å². The second-order valence-electron chi connectivity index (χ2n) is 6.56. The molecule has 20 heavy (non-hydrogen) atoms. The quantitative estimate of drug-likeness (QED) is 0.798. The number of halogens is 1. The van der Waals surface area contributed by atoms with Gasteiger partial charge in [0.25, 0.3) is 0 Å². The van der Waals surface area contributed by atoms with E-state index in [2.05, 4.69) is 4.90 Å². The van der Waals surface area contributed by atoms with Gasteiger partial charge in [0.1, 0.15) is 11.4 Å². The molecular formula is C16H21ClN2O. The van der Waals surface area contributed by atoms with E-state index in [9.17, 15) is 0 Å². The lowest BCUT2D eigenvalue weighted by molar-refractivity contribution is -0.0358. The van der Waals surface area contributed by atoms with Crippen LogP contribution in [0.25, 0.3) is 0 Å². The molecule has 2 N–H and O–H groups in total. The maximum absolute atomic E-state index is 6.43. The Morgan fingerprint density at radius 1 is 1.30 bits per heavy atom. The molecule has 3 nitrogen and oxygen atoms in total. The van der Waals surface area contributed by atoms with Crippen molar-refractivity contribution in [1.29, 1.82) is 0 Å². The van der Waals surface area contributed by atoms with Crippen LogP contribution in [-0.2, 0) is 0 Å². The topological polar surface area (TPSA) is 38.5 Å². The third kappa shape index (κ3) is 2.03. The normalized spacial score (nSPS) is 36.5. The van der Waals surface area contributed by atoms with Crippen LogP contribution in [0.3, 0.4) is 0 Å². The zero-order valence-corrected chi connectivity index (χ0v) is 12.4. The summed E-state index contributed by atoms with van der Waals surface area (Å²) >= 11 is 6.07. The summed E-state index contributed by atoms with van der Waals surface area (Å²) in [5.41, 5.74) is 7.42. The minimum absolute atomic E-state index is 0.0467. The molecule has 0 amide bonds. The summed E-state index contributed by atoms with van der Waals surface area (Å²) in [5, 5.41) is 0.740. The van der Waals surface area contributed by atoms with Gasteiger partial charge < -0.3 is 15.4 Å². The molecule has 4 rings (SSSR count). The highest BCUT2D eigenvalue weighted by atomic mass is 35.5. The Morgan fingerprint density at radius 2 is 2.20 bits per heavy atom. The standard InChI is InChI=1S/C16H21ClN2O/c17-11-3-4-15-13(8-11)14(18)10-16(20-15)5-7-19-6-1-2-12(19)9-16/h3-4,8,12,14H,1-2,5-7,9-10,18H2/t12?,14-,16?/m0/s1. The number of rotatable bonds is 0. The highest BCUT2D eigenvalue weighted by Crippen LogP contribution is 2.46. The first kappa shape index (κ1) is 12.9. The van der Waals surface area contributed by atoms with Crippen LogP contribution >= 0.6 is 11.6 Å². The van der Waals surface area contributed by atoms with Crippen molar-refractivity contribution in [2.75, 3.05) is 13.1 Å². The van der Waals surface area contributed by atoms with E-state index in [4.69, 9.17) is 22.1 Å². The second kappa shape index (κ2) is 4.62. The molecule has 1 aromatic carbocycles. The van der Waals surface area contributed by atoms with Gasteiger partial charge in [0, 0.05) is 42.1 Å². The molecule has 0 saturated carbocycles. The predicted molar refractivity (Wildman–Crippen MR) is 80.2 cm³/mol. The van der Waals surface area contributed by atoms with Gasteiger partial charge in [-0.05, 0) is 44.0 Å². The van der Waals surface area contributed by atoms with Gasteiger partial charge in [-0.3, -0.25) is 0 Å². The Morgan fingerprint density at radius 3 is 3.10 bits per heavy atom. The molecule has 3 aliphatic heterocycles. The summed E-state index contributed by atoms with van der Waals surface area (Å²) in [7, 11) is 0. The van der Waals surface area contributed by atoms with Crippen molar-refractivity contribution in [3.63, 3.8) is 0 Å². The van der Waals surface area contributed by atoms with E-state index in [1.807, 2.05) is 18.2 Å². The molecule has 3 atom stereocenters. The summed E-state index contributed by atoms with van der Waals surface area (Å²) in [4.78, 5) is 2.62. The molecule has 2 unspecified atom stereocenters. The SMILES string of the molecule is N[C@H]1CC2(CCN3CCCC3C2)Oc2ccc(Cl)cc21. The van der Waals surface area contributed by atoms with E-state index in [0.29, 0.717) is 6.04 Å². The maximum atomic E-state index is 6.43. The number of piperidine rings is 1. The lowest BCUT2D eigenvalue weighted by Gasteiger charge is -2.48. The first-order valence-corrected chi connectivity index (χ1v) is 8.01. The molecule has 0 aromatic heterocycles. The van der Waals surface area contributed by atoms with Crippen molar-refractivity contribution in [2.45, 2.75) is 49.8 Å². The Balaban J connectivity index is 1.63. The third-order valence-corrected chi connectivity index (χ3v) is 5.49. The van der Waals surface area contributed by atoms with E-state index in [1.165, 1.54) is 19.4 Å². The minimum atomic E-state index is -0.0498. The average molecular weight is 293 g/mol. The van der Waals surface area contributed by atoms with Gasteiger partial charge in [0.05, 0.1) is 0 Å². The molecule has 3 aliphatic rings. The smallest absolute Gasteiger partial charge is 0.125 e. The van der Waals surface area contributed by atoms with Gasteiger partial charge in [-0.25, -0.2) is 0 Å². The van der Waals surface area contributed by atoms with Crippen molar-refractivity contribution in [2.24, 2.45) is 5.73 Å². The fourth-order valence-electron chi connectivity index (χ4n) is 4.27. The van der Waals surface area contributed by atoms with Crippen molar-refractivity contribution in [1.82, 2.24) is 4.90 Å². The molecule has 0 aliphatic carbocycles. The summed E-state index contributed by atoms with van der Waals surface area (Å²) in [6.45, 7) is 2.42. The molecule has 3 heterocycles. The molecule has 2 saturated heterocycles. The van der Waals surface area contributed by atoms with Crippen molar-refractivity contribution in [3.8, 4) is 5.75 Å². The highest BCUT2D eigenvalue weighted by Gasteiger charge is 2.46. The molecule has 0 radical (unpaired) electrons. The summed E-state index contributed by atoms with van der Waals surface area (Å²) in [5.74, 6) is 0.944. The molecule has 0 bridgehead atoms. The number of benzene rings is 1. The lowest BCUT2D eigenvalue weighted by atomic mass is 9.78. The van der Waals surface area contributed by atoms with E-state index >= 15 is 0 Å². The van der Waals surface area contributed by atoms with Gasteiger partial charge >= 0.3 is 0 Å². The average Bonchev–Trinajstić information content (AvgIpc) is 2.87. The monoisotopic (exact) mass is 292 g/mol. The van der Waals surface area contributed by atoms with Crippen LogP contribution < -0.4 is 10.5 Å². The molecule has 108 valence electrons. The molecular weight excluding hydrogens is 272 g/mol. The van der Waals surface area contributed by atoms with Crippen molar-refractivity contribution < 1.29 is 4.74 Å². The van der Waals surface area contributed by atoms with Crippen LogP contribution in [0.1, 0.15) is 43.7 Å². The molecule has 2 fully saturated rings. The van der Waals surface area contributed by atoms with Gasteiger partial charge in [-0.2, -0.15) is 0 Å². The van der Waals surface area contributed by atoms with Gasteiger partial charge in [0.2, 0.25) is 0 Å². The molecule has 4 heteroatoms. The largest absolute Gasteiger partial charge is 0.487 e. The van der Waals surface area contributed by atoms with Gasteiger partial charge in [0.15, 0.2) is 0 Å². The highest BCUT2D eigenvalue weighted by molar-refractivity contribution is 6.30. The first-order valence-electron chi connectivity index (χ1n) is 7.63. The number of fused-ring (bicyclic) bond motifs is 2. The Kier molecular flexibility index (Phi) is 2.99. The second-order valence-corrected chi connectivity index (χ2v) is 7.00.